The van der Waals surface area contributed by atoms with E-state index < -0.39 is 5.54 Å². The molecule has 2 aliphatic rings. The van der Waals surface area contributed by atoms with Gasteiger partial charge in [-0.25, -0.2) is 0 Å². The fraction of sp³-hybridized carbons (Fsp3) is 0.500. The second kappa shape index (κ2) is 5.48. The van der Waals surface area contributed by atoms with Crippen molar-refractivity contribution in [2.75, 3.05) is 11.9 Å². The minimum atomic E-state index is -0.457. The van der Waals surface area contributed by atoms with Crippen LogP contribution in [0.25, 0.3) is 0 Å². The van der Waals surface area contributed by atoms with Gasteiger partial charge in [0.25, 0.3) is 5.91 Å². The summed E-state index contributed by atoms with van der Waals surface area (Å²) in [5.41, 5.74) is 1.91. The zero-order chi connectivity index (χ0) is 14.9. The van der Waals surface area contributed by atoms with Gasteiger partial charge in [-0.2, -0.15) is 0 Å². The standard InChI is InChI=1S/C16H20N2O3/c19-10-16(7-1-2-8-16)18-15(21)12-3-5-13-11(9-12)4-6-14(20)17-13/h3,5,9,19H,1-2,4,6-8,10H2,(H,17,20)(H,18,21). The Kier molecular flexibility index (Phi) is 3.68. The fourth-order valence-electron chi connectivity index (χ4n) is 3.21. The maximum Gasteiger partial charge on any atom is 0.251 e. The molecule has 0 radical (unpaired) electrons. The van der Waals surface area contributed by atoms with Gasteiger partial charge in [0.2, 0.25) is 5.91 Å². The Morgan fingerprint density at radius 2 is 2.05 bits per heavy atom. The molecule has 112 valence electrons. The maximum absolute atomic E-state index is 12.4. The van der Waals surface area contributed by atoms with E-state index in [2.05, 4.69) is 10.6 Å². The van der Waals surface area contributed by atoms with Crippen LogP contribution < -0.4 is 10.6 Å². The molecule has 1 aromatic rings. The molecule has 21 heavy (non-hydrogen) atoms. The van der Waals surface area contributed by atoms with E-state index in [0.717, 1.165) is 36.9 Å². The number of amides is 2. The van der Waals surface area contributed by atoms with E-state index in [4.69, 9.17) is 0 Å². The molecule has 0 aromatic heterocycles. The lowest BCUT2D eigenvalue weighted by Crippen LogP contribution is -2.49. The van der Waals surface area contributed by atoms with Gasteiger partial charge in [0.05, 0.1) is 12.1 Å². The van der Waals surface area contributed by atoms with E-state index in [0.29, 0.717) is 18.4 Å². The lowest BCUT2D eigenvalue weighted by atomic mass is 9.96. The van der Waals surface area contributed by atoms with Gasteiger partial charge in [0.15, 0.2) is 0 Å². The minimum absolute atomic E-state index is 0.0141. The van der Waals surface area contributed by atoms with E-state index in [1.165, 1.54) is 0 Å². The number of benzene rings is 1. The highest BCUT2D eigenvalue weighted by atomic mass is 16.3. The number of aliphatic hydroxyl groups excluding tert-OH is 1. The Morgan fingerprint density at radius 1 is 1.29 bits per heavy atom. The number of hydrogen-bond acceptors (Lipinski definition) is 3. The molecule has 1 aromatic carbocycles. The molecule has 5 heteroatoms. The quantitative estimate of drug-likeness (QED) is 0.790. The first-order valence-corrected chi connectivity index (χ1v) is 7.48. The highest BCUT2D eigenvalue weighted by molar-refractivity contribution is 5.98. The zero-order valence-corrected chi connectivity index (χ0v) is 11.9. The average molecular weight is 288 g/mol. The van der Waals surface area contributed by atoms with E-state index in [-0.39, 0.29) is 18.4 Å². The van der Waals surface area contributed by atoms with E-state index >= 15 is 0 Å². The number of carbonyl (C=O) groups is 2. The zero-order valence-electron chi connectivity index (χ0n) is 11.9. The Hall–Kier alpha value is -1.88. The first kappa shape index (κ1) is 14.1. The Labute approximate surface area is 123 Å². The molecule has 3 rings (SSSR count). The summed E-state index contributed by atoms with van der Waals surface area (Å²) in [4.78, 5) is 23.7. The molecule has 1 aliphatic heterocycles. The highest BCUT2D eigenvalue weighted by Gasteiger charge is 2.34. The van der Waals surface area contributed by atoms with Crippen LogP contribution in [0.1, 0.15) is 48.0 Å². The van der Waals surface area contributed by atoms with Gasteiger partial charge >= 0.3 is 0 Å². The van der Waals surface area contributed by atoms with E-state index in [1.54, 1.807) is 12.1 Å². The summed E-state index contributed by atoms with van der Waals surface area (Å²) >= 11 is 0. The number of aryl methyl sites for hydroxylation is 1. The van der Waals surface area contributed by atoms with Gasteiger partial charge in [-0.3, -0.25) is 9.59 Å². The van der Waals surface area contributed by atoms with Crippen LogP contribution in [0.5, 0.6) is 0 Å². The number of rotatable bonds is 3. The first-order chi connectivity index (χ1) is 10.1. The molecule has 1 aliphatic carbocycles. The van der Waals surface area contributed by atoms with Crippen molar-refractivity contribution in [3.63, 3.8) is 0 Å². The SMILES string of the molecule is O=C1CCc2cc(C(=O)NC3(CO)CCCC3)ccc2N1. The van der Waals surface area contributed by atoms with Crippen LogP contribution in [-0.2, 0) is 11.2 Å². The van der Waals surface area contributed by atoms with Crippen molar-refractivity contribution >= 4 is 17.5 Å². The van der Waals surface area contributed by atoms with Crippen LogP contribution in [0.15, 0.2) is 18.2 Å². The third-order valence-corrected chi connectivity index (χ3v) is 4.50. The number of anilines is 1. The van der Waals surface area contributed by atoms with Gasteiger partial charge in [-0.1, -0.05) is 12.8 Å². The summed E-state index contributed by atoms with van der Waals surface area (Å²) in [6.45, 7) is -0.0141. The van der Waals surface area contributed by atoms with Crippen molar-refractivity contribution in [2.45, 2.75) is 44.1 Å². The minimum Gasteiger partial charge on any atom is -0.394 e. The molecule has 0 saturated heterocycles. The van der Waals surface area contributed by atoms with Crippen LogP contribution in [0.4, 0.5) is 5.69 Å². The number of carbonyl (C=O) groups excluding carboxylic acids is 2. The van der Waals surface area contributed by atoms with Crippen molar-refractivity contribution in [2.24, 2.45) is 0 Å². The number of hydrogen-bond donors (Lipinski definition) is 3. The third kappa shape index (κ3) is 2.78. The molecule has 0 atom stereocenters. The molecule has 1 fully saturated rings. The normalized spacial score (nSPS) is 19.8. The van der Waals surface area contributed by atoms with Crippen molar-refractivity contribution in [1.82, 2.24) is 5.32 Å². The third-order valence-electron chi connectivity index (χ3n) is 4.50. The summed E-state index contributed by atoms with van der Waals surface area (Å²) < 4.78 is 0. The van der Waals surface area contributed by atoms with Crippen LogP contribution >= 0.6 is 0 Å². The predicted molar refractivity (Wildman–Crippen MR) is 79.1 cm³/mol. The molecule has 1 heterocycles. The Balaban J connectivity index is 1.77. The average Bonchev–Trinajstić information content (AvgIpc) is 2.95. The lowest BCUT2D eigenvalue weighted by Gasteiger charge is -2.28. The second-order valence-corrected chi connectivity index (χ2v) is 6.02. The molecular formula is C16H20N2O3. The van der Waals surface area contributed by atoms with Crippen molar-refractivity contribution in [3.8, 4) is 0 Å². The van der Waals surface area contributed by atoms with Gasteiger partial charge < -0.3 is 15.7 Å². The molecule has 2 amide bonds. The van der Waals surface area contributed by atoms with E-state index in [1.807, 2.05) is 6.07 Å². The molecule has 0 spiro atoms. The van der Waals surface area contributed by atoms with Gasteiger partial charge in [-0.05, 0) is 43.0 Å². The molecular weight excluding hydrogens is 268 g/mol. The van der Waals surface area contributed by atoms with Crippen molar-refractivity contribution in [3.05, 3.63) is 29.3 Å². The Bertz CT molecular complexity index is 577. The number of aliphatic hydroxyl groups is 1. The summed E-state index contributed by atoms with van der Waals surface area (Å²) in [5, 5.41) is 15.4. The molecule has 3 N–H and O–H groups in total. The fourth-order valence-corrected chi connectivity index (χ4v) is 3.21. The maximum atomic E-state index is 12.4. The monoisotopic (exact) mass is 288 g/mol. The molecule has 0 unspecified atom stereocenters. The van der Waals surface area contributed by atoms with Gasteiger partial charge in [0, 0.05) is 17.7 Å². The second-order valence-electron chi connectivity index (χ2n) is 6.02. The smallest absolute Gasteiger partial charge is 0.251 e. The molecule has 1 saturated carbocycles. The van der Waals surface area contributed by atoms with Gasteiger partial charge in [0.1, 0.15) is 0 Å². The van der Waals surface area contributed by atoms with Crippen LogP contribution in [0.3, 0.4) is 0 Å². The Morgan fingerprint density at radius 3 is 2.76 bits per heavy atom. The number of fused-ring (bicyclic) bond motifs is 1. The number of nitrogens with one attached hydrogen (secondary N) is 2. The molecule has 5 nitrogen and oxygen atoms in total. The van der Waals surface area contributed by atoms with E-state index in [9.17, 15) is 14.7 Å². The van der Waals surface area contributed by atoms with Crippen molar-refractivity contribution < 1.29 is 14.7 Å². The van der Waals surface area contributed by atoms with Crippen LogP contribution in [0, 0.1) is 0 Å². The summed E-state index contributed by atoms with van der Waals surface area (Å²) in [6.07, 6.45) is 4.85. The van der Waals surface area contributed by atoms with Crippen molar-refractivity contribution in [1.29, 1.82) is 0 Å². The summed E-state index contributed by atoms with van der Waals surface area (Å²) in [7, 11) is 0. The topological polar surface area (TPSA) is 78.4 Å². The lowest BCUT2D eigenvalue weighted by molar-refractivity contribution is -0.116. The first-order valence-electron chi connectivity index (χ1n) is 7.48. The van der Waals surface area contributed by atoms with Crippen LogP contribution in [-0.4, -0.2) is 29.1 Å². The summed E-state index contributed by atoms with van der Waals surface area (Å²) in [6, 6.07) is 5.34. The highest BCUT2D eigenvalue weighted by Crippen LogP contribution is 2.30. The van der Waals surface area contributed by atoms with Gasteiger partial charge in [-0.15, -0.1) is 0 Å². The predicted octanol–water partition coefficient (Wildman–Crippen LogP) is 1.61. The largest absolute Gasteiger partial charge is 0.394 e. The van der Waals surface area contributed by atoms with Crippen LogP contribution in [0.2, 0.25) is 0 Å². The summed E-state index contributed by atoms with van der Waals surface area (Å²) in [5.74, 6) is -0.129. The molecule has 0 bridgehead atoms.